The van der Waals surface area contributed by atoms with E-state index < -0.39 is 15.8 Å². The van der Waals surface area contributed by atoms with Crippen LogP contribution in [0.5, 0.6) is 0 Å². The molecule has 1 atom stereocenters. The third-order valence-corrected chi connectivity index (χ3v) is 4.40. The van der Waals surface area contributed by atoms with Gasteiger partial charge in [-0.05, 0) is 24.6 Å². The van der Waals surface area contributed by atoms with Crippen LogP contribution in [-0.2, 0) is 21.3 Å². The number of hydrogen-bond acceptors (Lipinski definition) is 4. The molecule has 0 bridgehead atoms. The number of benzene rings is 1. The van der Waals surface area contributed by atoms with Crippen molar-refractivity contribution in [1.29, 1.82) is 0 Å². The molecule has 5 nitrogen and oxygen atoms in total. The Balaban J connectivity index is 2.91. The van der Waals surface area contributed by atoms with E-state index in [2.05, 4.69) is 10.0 Å². The monoisotopic (exact) mass is 318 g/mol. The van der Waals surface area contributed by atoms with Gasteiger partial charge < -0.3 is 10.1 Å². The Kier molecular flexibility index (Phi) is 6.73. The summed E-state index contributed by atoms with van der Waals surface area (Å²) < 4.78 is 45.4. The molecule has 0 amide bonds. The lowest BCUT2D eigenvalue weighted by Gasteiger charge is -2.13. The Bertz CT molecular complexity index is 561. The zero-order chi connectivity index (χ0) is 16.0. The van der Waals surface area contributed by atoms with Gasteiger partial charge in [0, 0.05) is 26.2 Å². The van der Waals surface area contributed by atoms with E-state index in [0.717, 1.165) is 0 Å². The summed E-state index contributed by atoms with van der Waals surface area (Å²) in [5.41, 5.74) is 0.713. The van der Waals surface area contributed by atoms with E-state index in [1.807, 2.05) is 13.8 Å². The first-order chi connectivity index (χ1) is 9.76. The molecule has 1 rings (SSSR count). The van der Waals surface area contributed by atoms with Crippen LogP contribution in [0.4, 0.5) is 4.39 Å². The molecule has 2 N–H and O–H groups in total. The van der Waals surface area contributed by atoms with Crippen LogP contribution in [0, 0.1) is 5.82 Å². The van der Waals surface area contributed by atoms with Crippen molar-refractivity contribution in [1.82, 2.24) is 10.0 Å². The first-order valence-corrected chi connectivity index (χ1v) is 8.29. The quantitative estimate of drug-likeness (QED) is 0.764. The molecule has 120 valence electrons. The van der Waals surface area contributed by atoms with Crippen LogP contribution >= 0.6 is 0 Å². The molecule has 0 saturated carbocycles. The van der Waals surface area contributed by atoms with E-state index in [-0.39, 0.29) is 23.6 Å². The molecule has 0 aromatic heterocycles. The maximum absolute atomic E-state index is 13.8. The minimum atomic E-state index is -3.89. The van der Waals surface area contributed by atoms with Gasteiger partial charge in [-0.25, -0.2) is 17.5 Å². The Morgan fingerprint density at radius 3 is 2.52 bits per heavy atom. The summed E-state index contributed by atoms with van der Waals surface area (Å²) in [6.07, 6.45) is -0.284. The topological polar surface area (TPSA) is 67.4 Å². The smallest absolute Gasteiger partial charge is 0.243 e. The number of methoxy groups -OCH3 is 1. The zero-order valence-electron chi connectivity index (χ0n) is 12.8. The minimum absolute atomic E-state index is 0.0900. The van der Waals surface area contributed by atoms with Crippen molar-refractivity contribution >= 4 is 10.0 Å². The highest BCUT2D eigenvalue weighted by Gasteiger charge is 2.20. The summed E-state index contributed by atoms with van der Waals surface area (Å²) in [4.78, 5) is -0.339. The van der Waals surface area contributed by atoms with Gasteiger partial charge in [0.15, 0.2) is 0 Å². The summed E-state index contributed by atoms with van der Waals surface area (Å²) in [5, 5.41) is 3.16. The Hall–Kier alpha value is -1.02. The molecule has 0 heterocycles. The fourth-order valence-corrected chi connectivity index (χ4v) is 2.81. The summed E-state index contributed by atoms with van der Waals surface area (Å²) in [7, 11) is -2.41. The number of rotatable bonds is 8. The van der Waals surface area contributed by atoms with Crippen LogP contribution < -0.4 is 10.0 Å². The number of hydrogen-bond donors (Lipinski definition) is 2. The molecule has 0 saturated heterocycles. The molecule has 1 aromatic rings. The van der Waals surface area contributed by atoms with Crippen molar-refractivity contribution in [2.45, 2.75) is 44.4 Å². The lowest BCUT2D eigenvalue weighted by atomic mass is 10.2. The Morgan fingerprint density at radius 1 is 1.29 bits per heavy atom. The fraction of sp³-hybridized carbons (Fsp3) is 0.571. The SMILES string of the molecule is COC(C)CNS(=O)(=O)c1cc(CNC(C)C)ccc1F. The van der Waals surface area contributed by atoms with Gasteiger partial charge in [0.2, 0.25) is 10.0 Å². The maximum atomic E-state index is 13.8. The van der Waals surface area contributed by atoms with Crippen LogP contribution in [0.1, 0.15) is 26.3 Å². The predicted octanol–water partition coefficient (Wildman–Crippen LogP) is 1.64. The first kappa shape index (κ1) is 18.0. The Morgan fingerprint density at radius 2 is 1.95 bits per heavy atom. The van der Waals surface area contributed by atoms with Gasteiger partial charge in [-0.3, -0.25) is 0 Å². The molecule has 0 radical (unpaired) electrons. The molecule has 7 heteroatoms. The van der Waals surface area contributed by atoms with Crippen molar-refractivity contribution in [3.05, 3.63) is 29.6 Å². The van der Waals surface area contributed by atoms with E-state index >= 15 is 0 Å². The van der Waals surface area contributed by atoms with Crippen molar-refractivity contribution < 1.29 is 17.5 Å². The number of ether oxygens (including phenoxy) is 1. The van der Waals surface area contributed by atoms with Crippen LogP contribution in [0.25, 0.3) is 0 Å². The molecular formula is C14H23FN2O3S. The summed E-state index contributed by atoms with van der Waals surface area (Å²) >= 11 is 0. The minimum Gasteiger partial charge on any atom is -0.380 e. The highest BCUT2D eigenvalue weighted by atomic mass is 32.2. The van der Waals surface area contributed by atoms with Gasteiger partial charge in [0.25, 0.3) is 0 Å². The molecule has 0 spiro atoms. The van der Waals surface area contributed by atoms with Gasteiger partial charge in [0.1, 0.15) is 10.7 Å². The lowest BCUT2D eigenvalue weighted by Crippen LogP contribution is -2.32. The average molecular weight is 318 g/mol. The summed E-state index contributed by atoms with van der Waals surface area (Å²) in [6, 6.07) is 4.35. The normalized spacial score (nSPS) is 13.6. The highest BCUT2D eigenvalue weighted by molar-refractivity contribution is 7.89. The molecule has 1 unspecified atom stereocenters. The zero-order valence-corrected chi connectivity index (χ0v) is 13.6. The molecule has 0 aliphatic carbocycles. The standard InChI is InChI=1S/C14H23FN2O3S/c1-10(2)16-9-12-5-6-13(15)14(7-12)21(18,19)17-8-11(3)20-4/h5-7,10-11,16-17H,8-9H2,1-4H3. The maximum Gasteiger partial charge on any atom is 0.243 e. The molecule has 0 fully saturated rings. The van der Waals surface area contributed by atoms with Crippen molar-refractivity contribution in [2.24, 2.45) is 0 Å². The van der Waals surface area contributed by atoms with E-state index in [0.29, 0.717) is 12.1 Å². The van der Waals surface area contributed by atoms with Gasteiger partial charge in [-0.15, -0.1) is 0 Å². The van der Waals surface area contributed by atoms with E-state index in [1.165, 1.54) is 19.2 Å². The van der Waals surface area contributed by atoms with Crippen LogP contribution in [-0.4, -0.2) is 34.2 Å². The largest absolute Gasteiger partial charge is 0.380 e. The van der Waals surface area contributed by atoms with Crippen molar-refractivity contribution in [3.63, 3.8) is 0 Å². The van der Waals surface area contributed by atoms with Crippen LogP contribution in [0.15, 0.2) is 23.1 Å². The summed E-state index contributed by atoms with van der Waals surface area (Å²) in [5.74, 6) is -0.763. The van der Waals surface area contributed by atoms with E-state index in [4.69, 9.17) is 4.74 Å². The number of nitrogens with one attached hydrogen (secondary N) is 2. The number of sulfonamides is 1. The molecular weight excluding hydrogens is 295 g/mol. The second kappa shape index (κ2) is 7.84. The Labute approximate surface area is 125 Å². The lowest BCUT2D eigenvalue weighted by molar-refractivity contribution is 0.122. The van der Waals surface area contributed by atoms with Crippen molar-refractivity contribution in [2.75, 3.05) is 13.7 Å². The van der Waals surface area contributed by atoms with Gasteiger partial charge in [-0.2, -0.15) is 0 Å². The fourth-order valence-electron chi connectivity index (χ4n) is 1.57. The highest BCUT2D eigenvalue weighted by Crippen LogP contribution is 2.16. The van der Waals surface area contributed by atoms with Crippen molar-refractivity contribution in [3.8, 4) is 0 Å². The van der Waals surface area contributed by atoms with Gasteiger partial charge in [0.05, 0.1) is 6.10 Å². The van der Waals surface area contributed by atoms with Crippen LogP contribution in [0.2, 0.25) is 0 Å². The van der Waals surface area contributed by atoms with E-state index in [1.54, 1.807) is 13.0 Å². The molecule has 0 aliphatic rings. The van der Waals surface area contributed by atoms with Gasteiger partial charge >= 0.3 is 0 Å². The number of halogens is 1. The van der Waals surface area contributed by atoms with Crippen LogP contribution in [0.3, 0.4) is 0 Å². The average Bonchev–Trinajstić information content (AvgIpc) is 2.43. The first-order valence-electron chi connectivity index (χ1n) is 6.80. The summed E-state index contributed by atoms with van der Waals surface area (Å²) in [6.45, 7) is 6.26. The molecule has 0 aliphatic heterocycles. The van der Waals surface area contributed by atoms with Gasteiger partial charge in [-0.1, -0.05) is 19.9 Å². The second-order valence-corrected chi connectivity index (χ2v) is 6.93. The third kappa shape index (κ3) is 5.70. The predicted molar refractivity (Wildman–Crippen MR) is 80.0 cm³/mol. The second-order valence-electron chi connectivity index (χ2n) is 5.20. The molecule has 1 aromatic carbocycles. The third-order valence-electron chi connectivity index (χ3n) is 2.96. The molecule has 21 heavy (non-hydrogen) atoms. The van der Waals surface area contributed by atoms with E-state index in [9.17, 15) is 12.8 Å².